The summed E-state index contributed by atoms with van der Waals surface area (Å²) in [6.07, 6.45) is 0. The third kappa shape index (κ3) is 2.38. The zero-order valence-corrected chi connectivity index (χ0v) is 12.0. The molecule has 1 heterocycles. The molecule has 106 valence electrons. The standard InChI is InChI=1S/C16H16N4O/c1-12(13-8-4-3-5-9-13)19(2)16(21)20-15-11-7-6-10-14(15)17-18-20/h3-12H,1-2H3/t12-/m0/s1. The molecule has 3 rings (SSSR count). The molecule has 0 spiro atoms. The molecule has 3 aromatic rings. The minimum absolute atomic E-state index is 0.0401. The van der Waals surface area contributed by atoms with Crippen LogP contribution in [0.2, 0.25) is 0 Å². The summed E-state index contributed by atoms with van der Waals surface area (Å²) in [5.41, 5.74) is 2.51. The number of benzene rings is 2. The minimum atomic E-state index is -0.194. The SMILES string of the molecule is C[C@@H](c1ccccc1)N(C)C(=O)n1nnc2ccccc21. The van der Waals surface area contributed by atoms with Crippen LogP contribution >= 0.6 is 0 Å². The van der Waals surface area contributed by atoms with Crippen LogP contribution in [-0.2, 0) is 0 Å². The van der Waals surface area contributed by atoms with Gasteiger partial charge in [0.05, 0.1) is 11.6 Å². The van der Waals surface area contributed by atoms with E-state index in [1.165, 1.54) is 4.68 Å². The Balaban J connectivity index is 1.91. The van der Waals surface area contributed by atoms with Gasteiger partial charge in [-0.25, -0.2) is 4.79 Å². The fourth-order valence-corrected chi connectivity index (χ4v) is 2.28. The molecule has 0 N–H and O–H groups in total. The Morgan fingerprint density at radius 3 is 2.52 bits per heavy atom. The predicted molar refractivity (Wildman–Crippen MR) is 80.9 cm³/mol. The molecule has 0 aliphatic heterocycles. The van der Waals surface area contributed by atoms with Gasteiger partial charge >= 0.3 is 6.03 Å². The number of hydrogen-bond acceptors (Lipinski definition) is 3. The first-order valence-electron chi connectivity index (χ1n) is 6.81. The van der Waals surface area contributed by atoms with Crippen LogP contribution in [0.25, 0.3) is 11.0 Å². The second kappa shape index (κ2) is 5.36. The smallest absolute Gasteiger partial charge is 0.319 e. The molecule has 0 unspecified atom stereocenters. The van der Waals surface area contributed by atoms with E-state index in [0.717, 1.165) is 11.1 Å². The summed E-state index contributed by atoms with van der Waals surface area (Å²) in [6, 6.07) is 17.1. The van der Waals surface area contributed by atoms with Gasteiger partial charge in [-0.2, -0.15) is 4.68 Å². The highest BCUT2D eigenvalue weighted by Gasteiger charge is 2.21. The number of fused-ring (bicyclic) bond motifs is 1. The molecule has 21 heavy (non-hydrogen) atoms. The molecule has 1 aromatic heterocycles. The fourth-order valence-electron chi connectivity index (χ4n) is 2.28. The van der Waals surface area contributed by atoms with E-state index < -0.39 is 0 Å². The summed E-state index contributed by atoms with van der Waals surface area (Å²) in [5, 5.41) is 7.99. The van der Waals surface area contributed by atoms with Crippen molar-refractivity contribution in [3.8, 4) is 0 Å². The average Bonchev–Trinajstić information content (AvgIpc) is 2.97. The lowest BCUT2D eigenvalue weighted by molar-refractivity contribution is 0.193. The van der Waals surface area contributed by atoms with E-state index in [1.807, 2.05) is 61.5 Å². The van der Waals surface area contributed by atoms with Crippen molar-refractivity contribution < 1.29 is 4.79 Å². The summed E-state index contributed by atoms with van der Waals surface area (Å²) in [6.45, 7) is 1.99. The van der Waals surface area contributed by atoms with Gasteiger partial charge in [0, 0.05) is 7.05 Å². The molecular weight excluding hydrogens is 264 g/mol. The van der Waals surface area contributed by atoms with Gasteiger partial charge in [0.1, 0.15) is 5.52 Å². The Bertz CT molecular complexity index is 766. The summed E-state index contributed by atoms with van der Waals surface area (Å²) in [5.74, 6) is 0. The average molecular weight is 280 g/mol. The maximum atomic E-state index is 12.6. The first kappa shape index (κ1) is 13.3. The number of aromatic nitrogens is 3. The van der Waals surface area contributed by atoms with Gasteiger partial charge in [0.15, 0.2) is 0 Å². The zero-order chi connectivity index (χ0) is 14.8. The molecule has 0 aliphatic carbocycles. The van der Waals surface area contributed by atoms with Gasteiger partial charge in [-0.3, -0.25) is 0 Å². The monoisotopic (exact) mass is 280 g/mol. The van der Waals surface area contributed by atoms with Gasteiger partial charge in [-0.15, -0.1) is 5.10 Å². The number of nitrogens with zero attached hydrogens (tertiary/aromatic N) is 4. The molecule has 0 aliphatic rings. The molecule has 0 bridgehead atoms. The molecule has 1 atom stereocenters. The number of rotatable bonds is 2. The Morgan fingerprint density at radius 1 is 1.10 bits per heavy atom. The number of para-hydroxylation sites is 1. The van der Waals surface area contributed by atoms with Crippen LogP contribution in [-0.4, -0.2) is 33.0 Å². The quantitative estimate of drug-likeness (QED) is 0.724. The van der Waals surface area contributed by atoms with Gasteiger partial charge in [0.25, 0.3) is 0 Å². The highest BCUT2D eigenvalue weighted by molar-refractivity contribution is 5.87. The van der Waals surface area contributed by atoms with Gasteiger partial charge in [-0.1, -0.05) is 47.7 Å². The molecule has 0 radical (unpaired) electrons. The molecule has 0 fully saturated rings. The third-order valence-corrected chi connectivity index (χ3v) is 3.70. The van der Waals surface area contributed by atoms with E-state index in [0.29, 0.717) is 5.52 Å². The third-order valence-electron chi connectivity index (χ3n) is 3.70. The van der Waals surface area contributed by atoms with E-state index in [9.17, 15) is 4.79 Å². The van der Waals surface area contributed by atoms with Crippen molar-refractivity contribution >= 4 is 17.1 Å². The van der Waals surface area contributed by atoms with Gasteiger partial charge in [-0.05, 0) is 24.6 Å². The predicted octanol–water partition coefficient (Wildman–Crippen LogP) is 3.09. The maximum Gasteiger partial charge on any atom is 0.346 e. The van der Waals surface area contributed by atoms with E-state index >= 15 is 0 Å². The normalized spacial score (nSPS) is 12.3. The summed E-state index contributed by atoms with van der Waals surface area (Å²) in [7, 11) is 1.77. The number of hydrogen-bond donors (Lipinski definition) is 0. The molecule has 1 amide bonds. The van der Waals surface area contributed by atoms with Crippen LogP contribution < -0.4 is 0 Å². The summed E-state index contributed by atoms with van der Waals surface area (Å²) < 4.78 is 1.34. The Morgan fingerprint density at radius 2 is 1.76 bits per heavy atom. The van der Waals surface area contributed by atoms with E-state index in [1.54, 1.807) is 11.9 Å². The van der Waals surface area contributed by atoms with Crippen LogP contribution in [0, 0.1) is 0 Å². The van der Waals surface area contributed by atoms with Crippen LogP contribution in [0.4, 0.5) is 4.79 Å². The Kier molecular flexibility index (Phi) is 3.39. The second-order valence-electron chi connectivity index (χ2n) is 4.97. The molecular formula is C16H16N4O. The van der Waals surface area contributed by atoms with E-state index in [2.05, 4.69) is 10.3 Å². The van der Waals surface area contributed by atoms with Crippen molar-refractivity contribution in [2.75, 3.05) is 7.05 Å². The van der Waals surface area contributed by atoms with Gasteiger partial charge < -0.3 is 4.90 Å². The van der Waals surface area contributed by atoms with Gasteiger partial charge in [0.2, 0.25) is 0 Å². The minimum Gasteiger partial charge on any atom is -0.319 e. The highest BCUT2D eigenvalue weighted by atomic mass is 16.2. The molecule has 5 heteroatoms. The lowest BCUT2D eigenvalue weighted by atomic mass is 10.1. The lowest BCUT2D eigenvalue weighted by Crippen LogP contribution is -2.34. The number of carbonyl (C=O) groups is 1. The second-order valence-corrected chi connectivity index (χ2v) is 4.97. The Labute approximate surface area is 122 Å². The maximum absolute atomic E-state index is 12.6. The van der Waals surface area contributed by atoms with Crippen LogP contribution in [0.3, 0.4) is 0 Å². The van der Waals surface area contributed by atoms with Crippen molar-refractivity contribution in [1.29, 1.82) is 0 Å². The number of carbonyl (C=O) groups excluding carboxylic acids is 1. The van der Waals surface area contributed by atoms with Crippen molar-refractivity contribution in [3.63, 3.8) is 0 Å². The first-order chi connectivity index (χ1) is 10.2. The van der Waals surface area contributed by atoms with Crippen molar-refractivity contribution in [3.05, 3.63) is 60.2 Å². The summed E-state index contributed by atoms with van der Waals surface area (Å²) >= 11 is 0. The topological polar surface area (TPSA) is 51.0 Å². The van der Waals surface area contributed by atoms with Crippen LogP contribution in [0.15, 0.2) is 54.6 Å². The van der Waals surface area contributed by atoms with E-state index in [-0.39, 0.29) is 12.1 Å². The fraction of sp³-hybridized carbons (Fsp3) is 0.188. The largest absolute Gasteiger partial charge is 0.346 e. The molecule has 5 nitrogen and oxygen atoms in total. The van der Waals surface area contributed by atoms with Crippen molar-refractivity contribution in [2.24, 2.45) is 0 Å². The van der Waals surface area contributed by atoms with Crippen LogP contribution in [0.5, 0.6) is 0 Å². The Hall–Kier alpha value is -2.69. The summed E-state index contributed by atoms with van der Waals surface area (Å²) in [4.78, 5) is 14.3. The van der Waals surface area contributed by atoms with Crippen molar-refractivity contribution in [2.45, 2.75) is 13.0 Å². The van der Waals surface area contributed by atoms with Crippen LogP contribution in [0.1, 0.15) is 18.5 Å². The molecule has 2 aromatic carbocycles. The highest BCUT2D eigenvalue weighted by Crippen LogP contribution is 2.20. The molecule has 0 saturated carbocycles. The molecule has 0 saturated heterocycles. The van der Waals surface area contributed by atoms with Crippen molar-refractivity contribution in [1.82, 2.24) is 19.9 Å². The zero-order valence-electron chi connectivity index (χ0n) is 12.0. The van der Waals surface area contributed by atoms with E-state index in [4.69, 9.17) is 0 Å². The first-order valence-corrected chi connectivity index (χ1v) is 6.81. The number of amides is 1. The lowest BCUT2D eigenvalue weighted by Gasteiger charge is -2.24.